The molecule has 4 rings (SSSR count). The average Bonchev–Trinajstić information content (AvgIpc) is 3.33. The van der Waals surface area contributed by atoms with Crippen molar-refractivity contribution in [1.29, 1.82) is 0 Å². The van der Waals surface area contributed by atoms with Crippen molar-refractivity contribution in [1.82, 2.24) is 20.2 Å². The Bertz CT molecular complexity index is 1330. The lowest BCUT2D eigenvalue weighted by atomic mass is 9.97. The van der Waals surface area contributed by atoms with Crippen LogP contribution in [-0.2, 0) is 0 Å². The number of amidine groups is 1. The lowest BCUT2D eigenvalue weighted by Crippen LogP contribution is -2.43. The van der Waals surface area contributed by atoms with Crippen molar-refractivity contribution < 1.29 is 13.9 Å². The second-order valence-corrected chi connectivity index (χ2v) is 8.93. The molecule has 1 aliphatic rings. The van der Waals surface area contributed by atoms with Crippen LogP contribution in [0.25, 0.3) is 11.0 Å². The van der Waals surface area contributed by atoms with Gasteiger partial charge in [0.25, 0.3) is 5.91 Å². The summed E-state index contributed by atoms with van der Waals surface area (Å²) in [6, 6.07) is 8.88. The fourth-order valence-electron chi connectivity index (χ4n) is 4.29. The average molecular weight is 511 g/mol. The van der Waals surface area contributed by atoms with E-state index in [0.717, 1.165) is 18.9 Å². The molecule has 0 aliphatic carbocycles. The number of carbonyl (C=O) groups is 1. The van der Waals surface area contributed by atoms with Crippen LogP contribution in [0.4, 0.5) is 4.39 Å². The summed E-state index contributed by atoms with van der Waals surface area (Å²) in [5, 5.41) is 4.20. The fourth-order valence-corrected chi connectivity index (χ4v) is 4.45. The number of carbonyl (C=O) groups excluding carboxylic acids is 1. The molecule has 2 aromatic heterocycles. The molecule has 3 aromatic rings. The molecule has 1 fully saturated rings. The maximum atomic E-state index is 14.7. The van der Waals surface area contributed by atoms with Crippen molar-refractivity contribution in [3.8, 4) is 5.75 Å². The molecule has 36 heavy (non-hydrogen) atoms. The summed E-state index contributed by atoms with van der Waals surface area (Å²) in [5.41, 5.74) is 7.91. The van der Waals surface area contributed by atoms with Crippen LogP contribution in [0.3, 0.4) is 0 Å². The zero-order valence-corrected chi connectivity index (χ0v) is 20.7. The minimum absolute atomic E-state index is 0.0278. The number of hydrogen-bond acceptors (Lipinski definition) is 5. The number of aromatic nitrogens is 2. The van der Waals surface area contributed by atoms with Crippen molar-refractivity contribution in [2.24, 2.45) is 16.6 Å². The molecule has 0 unspecified atom stereocenters. The van der Waals surface area contributed by atoms with Gasteiger partial charge in [0.1, 0.15) is 17.2 Å². The Morgan fingerprint density at radius 1 is 1.44 bits per heavy atom. The molecule has 0 bridgehead atoms. The Morgan fingerprint density at radius 2 is 2.25 bits per heavy atom. The van der Waals surface area contributed by atoms with Crippen LogP contribution < -0.4 is 15.8 Å². The van der Waals surface area contributed by atoms with Crippen molar-refractivity contribution >= 4 is 34.4 Å². The predicted octanol–water partition coefficient (Wildman–Crippen LogP) is 4.40. The number of aliphatic imine (C=N–C) groups is 1. The number of fused-ring (bicyclic) bond motifs is 1. The Balaban J connectivity index is 1.48. The van der Waals surface area contributed by atoms with Crippen molar-refractivity contribution in [3.05, 3.63) is 83.2 Å². The van der Waals surface area contributed by atoms with Crippen LogP contribution in [-0.4, -0.2) is 53.4 Å². The first kappa shape index (κ1) is 25.2. The van der Waals surface area contributed by atoms with E-state index in [0.29, 0.717) is 52.6 Å². The number of H-pyrrole nitrogens is 1. The van der Waals surface area contributed by atoms with Gasteiger partial charge in [-0.15, -0.1) is 0 Å². The molecule has 1 amide bonds. The summed E-state index contributed by atoms with van der Waals surface area (Å²) >= 11 is 6.07. The molecular formula is C26H28ClFN6O2. The number of piperidine rings is 1. The lowest BCUT2D eigenvalue weighted by molar-refractivity contribution is 0.0671. The van der Waals surface area contributed by atoms with E-state index < -0.39 is 5.83 Å². The molecule has 1 saturated heterocycles. The number of ether oxygens (including phenoxy) is 1. The quantitative estimate of drug-likeness (QED) is 0.236. The van der Waals surface area contributed by atoms with E-state index >= 15 is 0 Å². The van der Waals surface area contributed by atoms with Crippen LogP contribution in [0.15, 0.2) is 72.0 Å². The smallest absolute Gasteiger partial charge is 0.257 e. The van der Waals surface area contributed by atoms with Crippen LogP contribution >= 0.6 is 11.6 Å². The highest BCUT2D eigenvalue weighted by Crippen LogP contribution is 2.24. The summed E-state index contributed by atoms with van der Waals surface area (Å²) in [5.74, 6) is -0.00984. The molecule has 1 aromatic carbocycles. The zero-order chi connectivity index (χ0) is 25.7. The van der Waals surface area contributed by atoms with Gasteiger partial charge in [-0.25, -0.2) is 14.4 Å². The zero-order valence-electron chi connectivity index (χ0n) is 19.9. The summed E-state index contributed by atoms with van der Waals surface area (Å²) in [7, 11) is 1.55. The Kier molecular flexibility index (Phi) is 7.90. The van der Waals surface area contributed by atoms with Gasteiger partial charge in [0.05, 0.1) is 17.7 Å². The summed E-state index contributed by atoms with van der Waals surface area (Å²) in [4.78, 5) is 26.4. The number of pyridine rings is 1. The molecule has 0 saturated carbocycles. The standard InChI is InChI=1S/C26H28ClFN6O2/c1-3-21(28)25(33-23(29)20-14-32-24-19(20)11-17(27)13-31-24)30-12-16-7-6-10-34(15-16)26(35)18-8-4-5-9-22(18)36-2/h3-5,8-9,11,13-14,16,30H,1,6-7,10,12,15H2,2H3,(H2,29,33)(H,31,32)/b25-21+/t16-/m1/s1. The Labute approximate surface area is 213 Å². The highest BCUT2D eigenvalue weighted by Gasteiger charge is 2.26. The topological polar surface area (TPSA) is 109 Å². The van der Waals surface area contributed by atoms with E-state index in [2.05, 4.69) is 26.9 Å². The Hall–Kier alpha value is -3.85. The number of hydrogen-bond donors (Lipinski definition) is 3. The number of nitrogens with zero attached hydrogens (tertiary/aromatic N) is 3. The monoisotopic (exact) mass is 510 g/mol. The number of rotatable bonds is 8. The SMILES string of the molecule is C=C/C(F)=C(\N=C(/N)c1c[nH]c2ncc(Cl)cc12)NC[C@H]1CCCN(C(=O)c2ccccc2OC)C1. The van der Waals surface area contributed by atoms with E-state index in [1.807, 2.05) is 12.1 Å². The first-order valence-electron chi connectivity index (χ1n) is 11.6. The van der Waals surface area contributed by atoms with Gasteiger partial charge in [-0.2, -0.15) is 0 Å². The van der Waals surface area contributed by atoms with Crippen molar-refractivity contribution in [2.45, 2.75) is 12.8 Å². The molecule has 188 valence electrons. The number of aromatic amines is 1. The minimum atomic E-state index is -0.633. The van der Waals surface area contributed by atoms with E-state index in [4.69, 9.17) is 22.1 Å². The second-order valence-electron chi connectivity index (χ2n) is 8.49. The van der Waals surface area contributed by atoms with E-state index in [1.165, 1.54) is 6.20 Å². The molecular weight excluding hydrogens is 483 g/mol. The van der Waals surface area contributed by atoms with Gasteiger partial charge in [-0.05, 0) is 43.0 Å². The first-order chi connectivity index (χ1) is 17.4. The third-order valence-corrected chi connectivity index (χ3v) is 6.32. The molecule has 8 nitrogen and oxygen atoms in total. The number of nitrogens with one attached hydrogen (secondary N) is 2. The number of nitrogens with two attached hydrogens (primary N) is 1. The van der Waals surface area contributed by atoms with Crippen LogP contribution in [0.1, 0.15) is 28.8 Å². The molecule has 1 aliphatic heterocycles. The first-order valence-corrected chi connectivity index (χ1v) is 11.9. The van der Waals surface area contributed by atoms with Gasteiger partial charge >= 0.3 is 0 Å². The maximum Gasteiger partial charge on any atom is 0.257 e. The predicted molar refractivity (Wildman–Crippen MR) is 140 cm³/mol. The maximum absolute atomic E-state index is 14.7. The largest absolute Gasteiger partial charge is 0.496 e. The van der Waals surface area contributed by atoms with Crippen LogP contribution in [0, 0.1) is 5.92 Å². The molecule has 0 radical (unpaired) electrons. The Morgan fingerprint density at radius 3 is 3.03 bits per heavy atom. The number of para-hydroxylation sites is 1. The minimum Gasteiger partial charge on any atom is -0.496 e. The van der Waals surface area contributed by atoms with Crippen LogP contribution in [0.5, 0.6) is 5.75 Å². The highest BCUT2D eigenvalue weighted by molar-refractivity contribution is 6.31. The summed E-state index contributed by atoms with van der Waals surface area (Å²) in [6.45, 7) is 5.10. The fraction of sp³-hybridized carbons (Fsp3) is 0.269. The number of methoxy groups -OCH3 is 1. The third kappa shape index (κ3) is 5.52. The van der Waals surface area contributed by atoms with Gasteiger partial charge in [0, 0.05) is 43.0 Å². The molecule has 4 N–H and O–H groups in total. The van der Waals surface area contributed by atoms with Crippen molar-refractivity contribution in [3.63, 3.8) is 0 Å². The van der Waals surface area contributed by atoms with Crippen molar-refractivity contribution in [2.75, 3.05) is 26.7 Å². The highest BCUT2D eigenvalue weighted by atomic mass is 35.5. The molecule has 0 spiro atoms. The summed E-state index contributed by atoms with van der Waals surface area (Å²) < 4.78 is 20.0. The summed E-state index contributed by atoms with van der Waals surface area (Å²) in [6.07, 6.45) is 5.97. The molecule has 10 heteroatoms. The number of amides is 1. The number of halogens is 2. The van der Waals surface area contributed by atoms with Gasteiger partial charge in [0.2, 0.25) is 0 Å². The second kappa shape index (κ2) is 11.3. The van der Waals surface area contributed by atoms with Gasteiger partial charge in [0.15, 0.2) is 11.6 Å². The lowest BCUT2D eigenvalue weighted by Gasteiger charge is -2.33. The van der Waals surface area contributed by atoms with E-state index in [-0.39, 0.29) is 23.5 Å². The normalized spacial score (nSPS) is 17.0. The van der Waals surface area contributed by atoms with Gasteiger partial charge in [-0.1, -0.05) is 30.3 Å². The van der Waals surface area contributed by atoms with Gasteiger partial charge < -0.3 is 25.7 Å². The molecule has 3 heterocycles. The number of likely N-dealkylation sites (tertiary alicyclic amines) is 1. The molecule has 1 atom stereocenters. The van der Waals surface area contributed by atoms with Gasteiger partial charge in [-0.3, -0.25) is 4.79 Å². The van der Waals surface area contributed by atoms with E-state index in [1.54, 1.807) is 36.4 Å². The number of allylic oxidation sites excluding steroid dienone is 2. The number of benzene rings is 1. The van der Waals surface area contributed by atoms with Crippen LogP contribution in [0.2, 0.25) is 5.02 Å². The van der Waals surface area contributed by atoms with E-state index in [9.17, 15) is 9.18 Å². The third-order valence-electron chi connectivity index (χ3n) is 6.11.